The fourth-order valence-corrected chi connectivity index (χ4v) is 5.63. The molecule has 7 nitrogen and oxygen atoms in total. The maximum atomic E-state index is 13.0. The zero-order chi connectivity index (χ0) is 24.7. The summed E-state index contributed by atoms with van der Waals surface area (Å²) in [5.74, 6) is 1.48. The van der Waals surface area contributed by atoms with Gasteiger partial charge in [0.25, 0.3) is 5.91 Å². The molecule has 3 heterocycles. The Bertz CT molecular complexity index is 1090. The number of benzene rings is 1. The lowest BCUT2D eigenvalue weighted by atomic mass is 9.85. The normalized spacial score (nSPS) is 19.5. The Balaban J connectivity index is 1.25. The van der Waals surface area contributed by atoms with E-state index in [4.69, 9.17) is 16.3 Å². The van der Waals surface area contributed by atoms with Gasteiger partial charge in [0, 0.05) is 38.3 Å². The second-order valence-corrected chi connectivity index (χ2v) is 11.5. The summed E-state index contributed by atoms with van der Waals surface area (Å²) in [4.78, 5) is 33.6. The van der Waals surface area contributed by atoms with Crippen molar-refractivity contribution in [3.05, 3.63) is 40.8 Å². The fraction of sp³-hybridized carbons (Fsp3) is 0.593. The number of amides is 2. The van der Waals surface area contributed by atoms with Crippen molar-refractivity contribution in [1.82, 2.24) is 19.4 Å². The second kappa shape index (κ2) is 9.49. The highest BCUT2D eigenvalue weighted by atomic mass is 35.5. The summed E-state index contributed by atoms with van der Waals surface area (Å²) in [6.45, 7) is 9.33. The van der Waals surface area contributed by atoms with Gasteiger partial charge in [0.15, 0.2) is 5.15 Å². The van der Waals surface area contributed by atoms with E-state index < -0.39 is 5.60 Å². The molecule has 0 N–H and O–H groups in total. The SMILES string of the molecule is CC(C)(C)OC(=O)N1CCC(c2ccc(-c3c(Cl)nc4n3CCN(CC3CCC3)C4=O)cc2)CC1. The van der Waals surface area contributed by atoms with E-state index in [1.165, 1.54) is 24.8 Å². The van der Waals surface area contributed by atoms with Gasteiger partial charge in [0.1, 0.15) is 5.60 Å². The zero-order valence-corrected chi connectivity index (χ0v) is 21.7. The third-order valence-electron chi connectivity index (χ3n) is 7.50. The Morgan fingerprint density at radius 1 is 1.06 bits per heavy atom. The Kier molecular flexibility index (Phi) is 6.55. The minimum Gasteiger partial charge on any atom is -0.444 e. The average Bonchev–Trinajstić information content (AvgIpc) is 3.13. The maximum absolute atomic E-state index is 13.0. The molecule has 35 heavy (non-hydrogen) atoms. The lowest BCUT2D eigenvalue weighted by molar-refractivity contribution is 0.0204. The first-order valence-electron chi connectivity index (χ1n) is 12.8. The number of nitrogens with zero attached hydrogens (tertiary/aromatic N) is 4. The molecule has 1 saturated heterocycles. The predicted octanol–water partition coefficient (Wildman–Crippen LogP) is 5.57. The molecule has 1 aromatic heterocycles. The number of carbonyl (C=O) groups is 2. The summed E-state index contributed by atoms with van der Waals surface area (Å²) >= 11 is 6.56. The summed E-state index contributed by atoms with van der Waals surface area (Å²) in [5.41, 5.74) is 2.58. The lowest BCUT2D eigenvalue weighted by Crippen LogP contribution is -2.44. The van der Waals surface area contributed by atoms with E-state index in [1.807, 2.05) is 30.2 Å². The number of carbonyl (C=O) groups excluding carboxylic acids is 2. The lowest BCUT2D eigenvalue weighted by Gasteiger charge is -2.34. The van der Waals surface area contributed by atoms with Gasteiger partial charge in [-0.3, -0.25) is 4.79 Å². The molecule has 8 heteroatoms. The largest absolute Gasteiger partial charge is 0.444 e. The highest BCUT2D eigenvalue weighted by Crippen LogP contribution is 2.35. The first-order valence-corrected chi connectivity index (χ1v) is 13.2. The van der Waals surface area contributed by atoms with Crippen LogP contribution in [0, 0.1) is 5.92 Å². The van der Waals surface area contributed by atoms with E-state index in [0.717, 1.165) is 30.6 Å². The van der Waals surface area contributed by atoms with Crippen molar-refractivity contribution < 1.29 is 14.3 Å². The number of hydrogen-bond donors (Lipinski definition) is 0. The van der Waals surface area contributed by atoms with Crippen molar-refractivity contribution in [3.63, 3.8) is 0 Å². The Morgan fingerprint density at radius 2 is 1.74 bits per heavy atom. The van der Waals surface area contributed by atoms with Crippen LogP contribution in [0.1, 0.15) is 75.0 Å². The number of halogens is 1. The molecule has 1 saturated carbocycles. The van der Waals surface area contributed by atoms with Crippen molar-refractivity contribution in [2.24, 2.45) is 5.92 Å². The van der Waals surface area contributed by atoms with Crippen LogP contribution in [0.3, 0.4) is 0 Å². The van der Waals surface area contributed by atoms with Gasteiger partial charge >= 0.3 is 6.09 Å². The number of piperidine rings is 1. The molecule has 188 valence electrons. The predicted molar refractivity (Wildman–Crippen MR) is 136 cm³/mol. The van der Waals surface area contributed by atoms with Gasteiger partial charge in [0.05, 0.1) is 5.69 Å². The van der Waals surface area contributed by atoms with Gasteiger partial charge in [-0.25, -0.2) is 9.78 Å². The smallest absolute Gasteiger partial charge is 0.410 e. The molecule has 3 aliphatic rings. The standard InChI is InChI=1S/C27H35ClN4O3/c1-27(2,3)35-26(34)30-13-11-20(12-14-30)19-7-9-21(10-8-19)22-23(28)29-24-25(33)31(15-16-32(22)24)17-18-5-4-6-18/h7-10,18,20H,4-6,11-17H2,1-3H3. The molecule has 2 aliphatic heterocycles. The van der Waals surface area contributed by atoms with Gasteiger partial charge in [-0.2, -0.15) is 0 Å². The van der Waals surface area contributed by atoms with Crippen LogP contribution >= 0.6 is 11.6 Å². The maximum Gasteiger partial charge on any atom is 0.410 e. The number of ether oxygens (including phenoxy) is 1. The van der Waals surface area contributed by atoms with Crippen LogP contribution in [0.25, 0.3) is 11.3 Å². The summed E-state index contributed by atoms with van der Waals surface area (Å²) in [7, 11) is 0. The van der Waals surface area contributed by atoms with Crippen LogP contribution in [0.2, 0.25) is 5.15 Å². The van der Waals surface area contributed by atoms with Crippen molar-refractivity contribution >= 4 is 23.6 Å². The van der Waals surface area contributed by atoms with Gasteiger partial charge in [-0.15, -0.1) is 0 Å². The third-order valence-corrected chi connectivity index (χ3v) is 7.77. The summed E-state index contributed by atoms with van der Waals surface area (Å²) in [5, 5.41) is 0.386. The molecule has 1 aliphatic carbocycles. The van der Waals surface area contributed by atoms with Crippen molar-refractivity contribution in [2.45, 2.75) is 70.9 Å². The summed E-state index contributed by atoms with van der Waals surface area (Å²) < 4.78 is 7.50. The van der Waals surface area contributed by atoms with Crippen LogP contribution in [0.5, 0.6) is 0 Å². The number of rotatable bonds is 4. The van der Waals surface area contributed by atoms with E-state index in [-0.39, 0.29) is 12.0 Å². The van der Waals surface area contributed by atoms with E-state index >= 15 is 0 Å². The van der Waals surface area contributed by atoms with Crippen molar-refractivity contribution in [3.8, 4) is 11.3 Å². The molecule has 0 bridgehead atoms. The van der Waals surface area contributed by atoms with E-state index in [1.54, 1.807) is 4.90 Å². The molecule has 2 amide bonds. The summed E-state index contributed by atoms with van der Waals surface area (Å²) in [6.07, 6.45) is 5.30. The zero-order valence-electron chi connectivity index (χ0n) is 20.9. The van der Waals surface area contributed by atoms with E-state index in [9.17, 15) is 9.59 Å². The average molecular weight is 499 g/mol. The molecular weight excluding hydrogens is 464 g/mol. The van der Waals surface area contributed by atoms with Gasteiger partial charge in [-0.05, 0) is 63.9 Å². The van der Waals surface area contributed by atoms with Gasteiger partial charge in [0.2, 0.25) is 5.82 Å². The Morgan fingerprint density at radius 3 is 2.34 bits per heavy atom. The van der Waals surface area contributed by atoms with E-state index in [2.05, 4.69) is 29.2 Å². The van der Waals surface area contributed by atoms with Gasteiger partial charge < -0.3 is 19.1 Å². The quantitative estimate of drug-likeness (QED) is 0.552. The molecular formula is C27H35ClN4O3. The minimum absolute atomic E-state index is 0.00957. The van der Waals surface area contributed by atoms with Crippen LogP contribution in [-0.4, -0.2) is 63.1 Å². The molecule has 0 unspecified atom stereocenters. The number of hydrogen-bond acceptors (Lipinski definition) is 4. The molecule has 0 spiro atoms. The highest BCUT2D eigenvalue weighted by molar-refractivity contribution is 6.32. The summed E-state index contributed by atoms with van der Waals surface area (Å²) in [6, 6.07) is 8.45. The minimum atomic E-state index is -0.475. The first kappa shape index (κ1) is 24.2. The van der Waals surface area contributed by atoms with Crippen LogP contribution in [0.15, 0.2) is 24.3 Å². The molecule has 0 radical (unpaired) electrons. The molecule has 2 fully saturated rings. The second-order valence-electron chi connectivity index (χ2n) is 11.1. The van der Waals surface area contributed by atoms with Crippen LogP contribution < -0.4 is 0 Å². The monoisotopic (exact) mass is 498 g/mol. The highest BCUT2D eigenvalue weighted by Gasteiger charge is 2.33. The number of imidazole rings is 1. The third kappa shape index (κ3) is 5.06. The fourth-order valence-electron chi connectivity index (χ4n) is 5.34. The Labute approximate surface area is 212 Å². The number of fused-ring (bicyclic) bond motifs is 1. The number of likely N-dealkylation sites (tertiary alicyclic amines) is 1. The number of aromatic nitrogens is 2. The molecule has 1 aromatic carbocycles. The first-order chi connectivity index (χ1) is 16.7. The van der Waals surface area contributed by atoms with Crippen molar-refractivity contribution in [1.29, 1.82) is 0 Å². The van der Waals surface area contributed by atoms with Crippen LogP contribution in [0.4, 0.5) is 4.79 Å². The molecule has 0 atom stereocenters. The van der Waals surface area contributed by atoms with Crippen LogP contribution in [-0.2, 0) is 11.3 Å². The Hall–Kier alpha value is -2.54. The molecule has 5 rings (SSSR count). The topological polar surface area (TPSA) is 67.7 Å². The van der Waals surface area contributed by atoms with Gasteiger partial charge in [-0.1, -0.05) is 42.3 Å². The molecule has 2 aromatic rings. The van der Waals surface area contributed by atoms with E-state index in [0.29, 0.717) is 49.0 Å². The van der Waals surface area contributed by atoms with Crippen molar-refractivity contribution in [2.75, 3.05) is 26.2 Å².